The third-order valence-electron chi connectivity index (χ3n) is 2.58. The van der Waals surface area contributed by atoms with E-state index in [1.165, 1.54) is 0 Å². The summed E-state index contributed by atoms with van der Waals surface area (Å²) in [4.78, 5) is 0. The van der Waals surface area contributed by atoms with Crippen LogP contribution in [0.15, 0.2) is 22.7 Å². The Morgan fingerprint density at radius 3 is 2.60 bits per heavy atom. The first-order valence-electron chi connectivity index (χ1n) is 5.35. The van der Waals surface area contributed by atoms with E-state index < -0.39 is 0 Å². The van der Waals surface area contributed by atoms with Crippen molar-refractivity contribution in [2.75, 3.05) is 12.3 Å². The molecular weight excluding hydrogens is 254 g/mol. The van der Waals surface area contributed by atoms with Gasteiger partial charge in [0.05, 0.1) is 11.1 Å². The Labute approximate surface area is 99.9 Å². The maximum Gasteiger partial charge on any atom is 0.135 e. The second-order valence-corrected chi connectivity index (χ2v) is 4.54. The molecule has 0 aliphatic carbocycles. The van der Waals surface area contributed by atoms with Crippen molar-refractivity contribution in [1.29, 1.82) is 0 Å². The van der Waals surface area contributed by atoms with Crippen molar-refractivity contribution in [2.45, 2.75) is 26.7 Å². The van der Waals surface area contributed by atoms with Gasteiger partial charge in [-0.05, 0) is 34.0 Å². The van der Waals surface area contributed by atoms with Gasteiger partial charge >= 0.3 is 0 Å². The second-order valence-electron chi connectivity index (χ2n) is 3.68. The zero-order valence-corrected chi connectivity index (χ0v) is 10.9. The molecule has 1 aromatic carbocycles. The average molecular weight is 272 g/mol. The molecule has 2 N–H and O–H groups in total. The van der Waals surface area contributed by atoms with Crippen LogP contribution in [0.25, 0.3) is 0 Å². The van der Waals surface area contributed by atoms with Crippen molar-refractivity contribution < 1.29 is 4.74 Å². The van der Waals surface area contributed by atoms with Gasteiger partial charge in [-0.25, -0.2) is 0 Å². The van der Waals surface area contributed by atoms with Gasteiger partial charge in [0.25, 0.3) is 0 Å². The van der Waals surface area contributed by atoms with E-state index >= 15 is 0 Å². The molecule has 0 atom stereocenters. The highest BCUT2D eigenvalue weighted by Gasteiger charge is 2.06. The lowest BCUT2D eigenvalue weighted by molar-refractivity contribution is 0.239. The van der Waals surface area contributed by atoms with Crippen molar-refractivity contribution >= 4 is 21.6 Å². The van der Waals surface area contributed by atoms with Gasteiger partial charge < -0.3 is 10.5 Å². The number of ether oxygens (including phenoxy) is 1. The SMILES string of the molecule is CCC(CC)COc1cc(N)ccc1Br. The second kappa shape index (κ2) is 6.01. The van der Waals surface area contributed by atoms with Gasteiger partial charge in [-0.1, -0.05) is 26.7 Å². The zero-order valence-electron chi connectivity index (χ0n) is 9.29. The summed E-state index contributed by atoms with van der Waals surface area (Å²) in [5, 5.41) is 0. The first-order chi connectivity index (χ1) is 7.17. The minimum atomic E-state index is 0.623. The Morgan fingerprint density at radius 2 is 2.00 bits per heavy atom. The Balaban J connectivity index is 2.60. The molecule has 0 saturated heterocycles. The molecule has 84 valence electrons. The summed E-state index contributed by atoms with van der Waals surface area (Å²) in [7, 11) is 0. The summed E-state index contributed by atoms with van der Waals surface area (Å²) in [6.07, 6.45) is 2.30. The molecule has 0 radical (unpaired) electrons. The fourth-order valence-corrected chi connectivity index (χ4v) is 1.72. The number of rotatable bonds is 5. The van der Waals surface area contributed by atoms with Crippen LogP contribution in [0.2, 0.25) is 0 Å². The number of halogens is 1. The normalized spacial score (nSPS) is 10.7. The van der Waals surface area contributed by atoms with Crippen LogP contribution < -0.4 is 10.5 Å². The van der Waals surface area contributed by atoms with Crippen molar-refractivity contribution in [3.63, 3.8) is 0 Å². The monoisotopic (exact) mass is 271 g/mol. The standard InChI is InChI=1S/C12H18BrNO/c1-3-9(4-2)8-15-12-7-10(14)5-6-11(12)13/h5-7,9H,3-4,8,14H2,1-2H3. The summed E-state index contributed by atoms with van der Waals surface area (Å²) in [6.45, 7) is 5.13. The van der Waals surface area contributed by atoms with Crippen LogP contribution in [0.1, 0.15) is 26.7 Å². The van der Waals surface area contributed by atoms with E-state index in [1.54, 1.807) is 0 Å². The first-order valence-corrected chi connectivity index (χ1v) is 6.14. The quantitative estimate of drug-likeness (QED) is 0.826. The van der Waals surface area contributed by atoms with Gasteiger partial charge in [0, 0.05) is 11.8 Å². The van der Waals surface area contributed by atoms with Crippen molar-refractivity contribution in [2.24, 2.45) is 5.92 Å². The van der Waals surface area contributed by atoms with Crippen molar-refractivity contribution in [3.8, 4) is 5.75 Å². The fourth-order valence-electron chi connectivity index (χ4n) is 1.36. The molecule has 0 amide bonds. The Morgan fingerprint density at radius 1 is 1.33 bits per heavy atom. The molecule has 0 aliphatic heterocycles. The van der Waals surface area contributed by atoms with Gasteiger partial charge in [-0.2, -0.15) is 0 Å². The molecule has 0 aromatic heterocycles. The molecule has 0 aliphatic rings. The summed E-state index contributed by atoms with van der Waals surface area (Å²) < 4.78 is 6.70. The Hall–Kier alpha value is -0.700. The Bertz CT molecular complexity index is 310. The number of anilines is 1. The number of hydrogen-bond acceptors (Lipinski definition) is 2. The predicted molar refractivity (Wildman–Crippen MR) is 68.1 cm³/mol. The summed E-state index contributed by atoms with van der Waals surface area (Å²) in [5.74, 6) is 1.46. The minimum absolute atomic E-state index is 0.623. The lowest BCUT2D eigenvalue weighted by Crippen LogP contribution is -2.10. The maximum absolute atomic E-state index is 5.73. The van der Waals surface area contributed by atoms with Crippen LogP contribution in [-0.4, -0.2) is 6.61 Å². The number of hydrogen-bond donors (Lipinski definition) is 1. The molecule has 0 spiro atoms. The maximum atomic E-state index is 5.73. The number of nitrogens with two attached hydrogens (primary N) is 1. The number of nitrogen functional groups attached to an aromatic ring is 1. The lowest BCUT2D eigenvalue weighted by atomic mass is 10.1. The van der Waals surface area contributed by atoms with E-state index in [2.05, 4.69) is 29.8 Å². The third kappa shape index (κ3) is 3.74. The molecule has 1 rings (SSSR count). The van der Waals surface area contributed by atoms with E-state index in [1.807, 2.05) is 18.2 Å². The summed E-state index contributed by atoms with van der Waals surface area (Å²) >= 11 is 3.44. The molecule has 0 saturated carbocycles. The minimum Gasteiger partial charge on any atom is -0.492 e. The number of benzene rings is 1. The van der Waals surface area contributed by atoms with E-state index in [-0.39, 0.29) is 0 Å². The van der Waals surface area contributed by atoms with E-state index in [0.717, 1.165) is 35.4 Å². The van der Waals surface area contributed by atoms with Crippen molar-refractivity contribution in [1.82, 2.24) is 0 Å². The van der Waals surface area contributed by atoms with Crippen LogP contribution in [-0.2, 0) is 0 Å². The predicted octanol–water partition coefficient (Wildman–Crippen LogP) is 3.85. The average Bonchev–Trinajstić information content (AvgIpc) is 2.24. The van der Waals surface area contributed by atoms with E-state index in [4.69, 9.17) is 10.5 Å². The van der Waals surface area contributed by atoms with Crippen LogP contribution >= 0.6 is 15.9 Å². The van der Waals surface area contributed by atoms with Crippen LogP contribution in [0.4, 0.5) is 5.69 Å². The molecule has 15 heavy (non-hydrogen) atoms. The molecule has 0 heterocycles. The van der Waals surface area contributed by atoms with Crippen LogP contribution in [0.3, 0.4) is 0 Å². The molecule has 0 fully saturated rings. The van der Waals surface area contributed by atoms with Crippen molar-refractivity contribution in [3.05, 3.63) is 22.7 Å². The molecule has 0 unspecified atom stereocenters. The third-order valence-corrected chi connectivity index (χ3v) is 3.24. The molecule has 2 nitrogen and oxygen atoms in total. The highest BCUT2D eigenvalue weighted by molar-refractivity contribution is 9.10. The van der Waals surface area contributed by atoms with Gasteiger partial charge in [-0.3, -0.25) is 0 Å². The largest absolute Gasteiger partial charge is 0.492 e. The smallest absolute Gasteiger partial charge is 0.135 e. The highest BCUT2D eigenvalue weighted by Crippen LogP contribution is 2.27. The Kier molecular flexibility index (Phi) is 4.95. The van der Waals surface area contributed by atoms with Gasteiger partial charge in [0.2, 0.25) is 0 Å². The topological polar surface area (TPSA) is 35.2 Å². The molecule has 3 heteroatoms. The zero-order chi connectivity index (χ0) is 11.3. The lowest BCUT2D eigenvalue weighted by Gasteiger charge is -2.14. The van der Waals surface area contributed by atoms with Gasteiger partial charge in [0.15, 0.2) is 0 Å². The summed E-state index contributed by atoms with van der Waals surface area (Å²) in [6, 6.07) is 5.62. The molecule has 0 bridgehead atoms. The van der Waals surface area contributed by atoms with Gasteiger partial charge in [-0.15, -0.1) is 0 Å². The van der Waals surface area contributed by atoms with E-state index in [0.29, 0.717) is 5.92 Å². The van der Waals surface area contributed by atoms with Crippen LogP contribution in [0.5, 0.6) is 5.75 Å². The fraction of sp³-hybridized carbons (Fsp3) is 0.500. The highest BCUT2D eigenvalue weighted by atomic mass is 79.9. The molecular formula is C12H18BrNO. The van der Waals surface area contributed by atoms with Gasteiger partial charge in [0.1, 0.15) is 5.75 Å². The van der Waals surface area contributed by atoms with Crippen LogP contribution in [0, 0.1) is 5.92 Å². The summed E-state index contributed by atoms with van der Waals surface area (Å²) in [5.41, 5.74) is 6.43. The molecule has 1 aromatic rings. The van der Waals surface area contributed by atoms with E-state index in [9.17, 15) is 0 Å². The first kappa shape index (κ1) is 12.4.